The molecule has 0 spiro atoms. The maximum absolute atomic E-state index is 12.0. The lowest BCUT2D eigenvalue weighted by atomic mass is 10.2. The van der Waals surface area contributed by atoms with Gasteiger partial charge in [-0.25, -0.2) is 4.98 Å². The third-order valence-electron chi connectivity index (χ3n) is 3.50. The van der Waals surface area contributed by atoms with Crippen LogP contribution in [0.1, 0.15) is 28.1 Å². The number of hydrogen-bond donors (Lipinski definition) is 2. The van der Waals surface area contributed by atoms with E-state index in [1.54, 1.807) is 23.5 Å². The molecule has 2 heterocycles. The van der Waals surface area contributed by atoms with Crippen molar-refractivity contribution in [2.45, 2.75) is 18.9 Å². The van der Waals surface area contributed by atoms with Gasteiger partial charge in [-0.15, -0.1) is 11.3 Å². The number of nitrogens with one attached hydrogen (secondary N) is 1. The topological polar surface area (TPSA) is 75.4 Å². The fraction of sp³-hybridized carbons (Fsp3) is 0.222. The van der Waals surface area contributed by atoms with Crippen LogP contribution < -0.4 is 5.32 Å². The van der Waals surface area contributed by atoms with Crippen LogP contribution in [-0.4, -0.2) is 22.5 Å². The number of aliphatic hydroxyl groups is 1. The van der Waals surface area contributed by atoms with E-state index in [9.17, 15) is 9.90 Å². The highest BCUT2D eigenvalue weighted by atomic mass is 32.1. The molecule has 24 heavy (non-hydrogen) atoms. The summed E-state index contributed by atoms with van der Waals surface area (Å²) in [6.45, 7) is 0.118. The first-order valence-corrected chi connectivity index (χ1v) is 8.54. The monoisotopic (exact) mass is 342 g/mol. The third kappa shape index (κ3) is 4.53. The Hall–Kier alpha value is -2.44. The first kappa shape index (κ1) is 16.4. The van der Waals surface area contributed by atoms with Crippen LogP contribution in [0.2, 0.25) is 0 Å². The van der Waals surface area contributed by atoms with Gasteiger partial charge in [0.15, 0.2) is 0 Å². The number of aromatic nitrogens is 1. The van der Waals surface area contributed by atoms with Crippen LogP contribution >= 0.6 is 11.3 Å². The van der Waals surface area contributed by atoms with Crippen LogP contribution in [0.3, 0.4) is 0 Å². The minimum Gasteiger partial charge on any atom is -0.467 e. The zero-order valence-electron chi connectivity index (χ0n) is 13.0. The third-order valence-corrected chi connectivity index (χ3v) is 4.40. The highest BCUT2D eigenvalue weighted by Crippen LogP contribution is 2.15. The molecule has 5 nitrogen and oxygen atoms in total. The number of carbonyl (C=O) groups is 1. The zero-order valence-corrected chi connectivity index (χ0v) is 13.8. The van der Waals surface area contributed by atoms with Gasteiger partial charge in [0, 0.05) is 11.8 Å². The van der Waals surface area contributed by atoms with Crippen molar-refractivity contribution in [2.24, 2.45) is 0 Å². The molecule has 1 amide bonds. The molecule has 0 saturated heterocycles. The molecule has 3 aromatic rings. The van der Waals surface area contributed by atoms with Crippen LogP contribution in [0.5, 0.6) is 0 Å². The lowest BCUT2D eigenvalue weighted by Crippen LogP contribution is -2.29. The number of thiazole rings is 1. The molecule has 0 bridgehead atoms. The summed E-state index contributed by atoms with van der Waals surface area (Å²) in [5.41, 5.74) is 1.94. The lowest BCUT2D eigenvalue weighted by Gasteiger charge is -2.08. The predicted octanol–water partition coefficient (Wildman–Crippen LogP) is 2.72. The minimum atomic E-state index is -0.840. The van der Waals surface area contributed by atoms with Gasteiger partial charge in [-0.05, 0) is 17.7 Å². The Kier molecular flexibility index (Phi) is 5.40. The average Bonchev–Trinajstić information content (AvgIpc) is 3.26. The second-order valence-corrected chi connectivity index (χ2v) is 6.35. The van der Waals surface area contributed by atoms with Gasteiger partial charge in [-0.3, -0.25) is 4.79 Å². The number of aliphatic hydroxyl groups excluding tert-OH is 1. The van der Waals surface area contributed by atoms with Crippen LogP contribution in [0.25, 0.3) is 0 Å². The Balaban J connectivity index is 1.48. The summed E-state index contributed by atoms with van der Waals surface area (Å²) >= 11 is 1.55. The van der Waals surface area contributed by atoms with Gasteiger partial charge in [0.05, 0.1) is 29.9 Å². The van der Waals surface area contributed by atoms with Crippen LogP contribution in [0.15, 0.2) is 58.5 Å². The van der Waals surface area contributed by atoms with Gasteiger partial charge >= 0.3 is 0 Å². The standard InChI is InChI=1S/C18H18N2O3S/c21-15(16-7-4-8-23-16)11-19-17(22)10-14-12-24-18(20-14)9-13-5-2-1-3-6-13/h1-8,12,15,21H,9-11H2,(H,19,22). The van der Waals surface area contributed by atoms with E-state index in [2.05, 4.69) is 22.4 Å². The van der Waals surface area contributed by atoms with E-state index in [1.807, 2.05) is 23.6 Å². The van der Waals surface area contributed by atoms with Gasteiger partial charge < -0.3 is 14.8 Å². The fourth-order valence-electron chi connectivity index (χ4n) is 2.30. The Morgan fingerprint density at radius 2 is 2.08 bits per heavy atom. The van der Waals surface area contributed by atoms with E-state index in [0.717, 1.165) is 17.1 Å². The maximum Gasteiger partial charge on any atom is 0.226 e. The Bertz CT molecular complexity index is 769. The summed E-state index contributed by atoms with van der Waals surface area (Å²) in [5, 5.41) is 15.5. The van der Waals surface area contributed by atoms with E-state index in [4.69, 9.17) is 4.42 Å². The molecule has 1 atom stereocenters. The number of furan rings is 1. The summed E-state index contributed by atoms with van der Waals surface area (Å²) in [6, 6.07) is 13.5. The molecule has 2 N–H and O–H groups in total. The number of nitrogens with zero attached hydrogens (tertiary/aromatic N) is 1. The number of benzene rings is 1. The van der Waals surface area contributed by atoms with E-state index in [-0.39, 0.29) is 18.9 Å². The second-order valence-electron chi connectivity index (χ2n) is 5.41. The smallest absolute Gasteiger partial charge is 0.226 e. The van der Waals surface area contributed by atoms with E-state index < -0.39 is 6.10 Å². The Morgan fingerprint density at radius 1 is 1.25 bits per heavy atom. The van der Waals surface area contributed by atoms with Crippen molar-refractivity contribution in [3.05, 3.63) is 76.1 Å². The summed E-state index contributed by atoms with van der Waals surface area (Å²) < 4.78 is 5.09. The summed E-state index contributed by atoms with van der Waals surface area (Å²) in [5.74, 6) is 0.270. The van der Waals surface area contributed by atoms with Crippen molar-refractivity contribution >= 4 is 17.2 Å². The van der Waals surface area contributed by atoms with E-state index >= 15 is 0 Å². The Labute approximate surface area is 144 Å². The van der Waals surface area contributed by atoms with Crippen molar-refractivity contribution in [2.75, 3.05) is 6.54 Å². The van der Waals surface area contributed by atoms with Crippen molar-refractivity contribution in [3.63, 3.8) is 0 Å². The number of rotatable bonds is 7. The highest BCUT2D eigenvalue weighted by molar-refractivity contribution is 7.09. The molecule has 0 fully saturated rings. The molecule has 6 heteroatoms. The second kappa shape index (κ2) is 7.90. The molecule has 0 saturated carbocycles. The Morgan fingerprint density at radius 3 is 2.83 bits per heavy atom. The van der Waals surface area contributed by atoms with Crippen molar-refractivity contribution in [1.29, 1.82) is 0 Å². The van der Waals surface area contributed by atoms with Gasteiger partial charge in [0.25, 0.3) is 0 Å². The molecule has 0 radical (unpaired) electrons. The molecule has 3 rings (SSSR count). The van der Waals surface area contributed by atoms with Gasteiger partial charge in [-0.2, -0.15) is 0 Å². The maximum atomic E-state index is 12.0. The van der Waals surface area contributed by atoms with Crippen molar-refractivity contribution in [3.8, 4) is 0 Å². The summed E-state index contributed by atoms with van der Waals surface area (Å²) in [7, 11) is 0. The van der Waals surface area contributed by atoms with Crippen molar-refractivity contribution < 1.29 is 14.3 Å². The number of carbonyl (C=O) groups excluding carboxylic acids is 1. The van der Waals surface area contributed by atoms with Gasteiger partial charge in [0.2, 0.25) is 5.91 Å². The van der Waals surface area contributed by atoms with E-state index in [1.165, 1.54) is 11.8 Å². The predicted molar refractivity (Wildman–Crippen MR) is 91.7 cm³/mol. The molecule has 0 aliphatic rings. The van der Waals surface area contributed by atoms with Crippen molar-refractivity contribution in [1.82, 2.24) is 10.3 Å². The fourth-order valence-corrected chi connectivity index (χ4v) is 3.13. The molecular formula is C18H18N2O3S. The number of hydrogen-bond acceptors (Lipinski definition) is 5. The average molecular weight is 342 g/mol. The van der Waals surface area contributed by atoms with Crippen LogP contribution in [0, 0.1) is 0 Å². The van der Waals surface area contributed by atoms with E-state index in [0.29, 0.717) is 5.76 Å². The quantitative estimate of drug-likeness (QED) is 0.692. The first-order valence-electron chi connectivity index (χ1n) is 7.66. The minimum absolute atomic E-state index is 0.118. The van der Waals surface area contributed by atoms with Crippen LogP contribution in [0.4, 0.5) is 0 Å². The SMILES string of the molecule is O=C(Cc1csc(Cc2ccccc2)n1)NCC(O)c1ccco1. The lowest BCUT2D eigenvalue weighted by molar-refractivity contribution is -0.121. The first-order chi connectivity index (χ1) is 11.7. The largest absolute Gasteiger partial charge is 0.467 e. The zero-order chi connectivity index (χ0) is 16.8. The molecule has 1 aromatic carbocycles. The molecule has 0 aliphatic heterocycles. The van der Waals surface area contributed by atoms with Crippen LogP contribution in [-0.2, 0) is 17.6 Å². The summed E-state index contributed by atoms with van der Waals surface area (Å²) in [6.07, 6.45) is 1.62. The molecular weight excluding hydrogens is 324 g/mol. The molecule has 1 unspecified atom stereocenters. The van der Waals surface area contributed by atoms with Gasteiger partial charge in [-0.1, -0.05) is 30.3 Å². The normalized spacial score (nSPS) is 12.0. The summed E-state index contributed by atoms with van der Waals surface area (Å²) in [4.78, 5) is 16.5. The molecule has 2 aromatic heterocycles. The molecule has 0 aliphatic carbocycles. The highest BCUT2D eigenvalue weighted by Gasteiger charge is 2.13. The number of amides is 1. The molecule has 124 valence electrons. The van der Waals surface area contributed by atoms with Gasteiger partial charge in [0.1, 0.15) is 11.9 Å².